The standard InChI is InChI=1S/C40H39ClN7O5P/c41-54(50,48-21-24-51-25-22-48)53-28-47-20-23-52-26-34(47)40(30-14-6-2-7-15-30,31-16-8-3-9-17-31)33-19-11-10-18-32(33)36-44-37-35(42-27-43-37)38(45-36)46-39(49)29-12-4-1-5-13-29/h1-19,27,34H,20-26,28H2,(H2,42,43,44,45,46,49). The Morgan fingerprint density at radius 1 is 0.852 bits per heavy atom. The number of aromatic amines is 1. The minimum Gasteiger partial charge on any atom is -0.379 e. The number of anilines is 1. The number of carbonyl (C=O) groups excluding carboxylic acids is 1. The molecule has 4 aromatic carbocycles. The van der Waals surface area contributed by atoms with Gasteiger partial charge in [-0.15, -0.1) is 0 Å². The first-order chi connectivity index (χ1) is 26.4. The smallest absolute Gasteiger partial charge is 0.364 e. The molecule has 2 unspecified atom stereocenters. The lowest BCUT2D eigenvalue weighted by molar-refractivity contribution is -0.0557. The summed E-state index contributed by atoms with van der Waals surface area (Å²) in [5.41, 5.74) is 4.08. The zero-order valence-electron chi connectivity index (χ0n) is 29.4. The molecule has 6 aromatic rings. The lowest BCUT2D eigenvalue weighted by Gasteiger charge is -2.49. The van der Waals surface area contributed by atoms with E-state index in [1.807, 2.05) is 72.8 Å². The van der Waals surface area contributed by atoms with Crippen LogP contribution in [-0.4, -0.2) is 94.2 Å². The number of hydrogen-bond acceptors (Lipinski definition) is 9. The Hall–Kier alpha value is -4.78. The normalized spacial score (nSPS) is 18.3. The fraction of sp³-hybridized carbons (Fsp3) is 0.250. The van der Waals surface area contributed by atoms with Gasteiger partial charge in [-0.3, -0.25) is 18.8 Å². The van der Waals surface area contributed by atoms with Crippen LogP contribution in [0.25, 0.3) is 22.6 Å². The van der Waals surface area contributed by atoms with Crippen LogP contribution in [0.1, 0.15) is 27.0 Å². The van der Waals surface area contributed by atoms with Crippen LogP contribution in [0.15, 0.2) is 122 Å². The van der Waals surface area contributed by atoms with E-state index in [4.69, 9.17) is 35.2 Å². The topological polar surface area (TPSA) is 135 Å². The number of rotatable bonds is 11. The molecule has 12 nitrogen and oxygen atoms in total. The zero-order chi connectivity index (χ0) is 37.0. The molecule has 14 heteroatoms. The number of morpholine rings is 2. The number of hydrogen-bond donors (Lipinski definition) is 2. The predicted molar refractivity (Wildman–Crippen MR) is 207 cm³/mol. The monoisotopic (exact) mass is 763 g/mol. The molecule has 0 radical (unpaired) electrons. The molecule has 2 atom stereocenters. The first kappa shape index (κ1) is 36.2. The molecule has 276 valence electrons. The molecule has 2 N–H and O–H groups in total. The molecular weight excluding hydrogens is 725 g/mol. The maximum absolute atomic E-state index is 13.8. The van der Waals surface area contributed by atoms with Gasteiger partial charge in [-0.05, 0) is 40.1 Å². The number of benzene rings is 4. The van der Waals surface area contributed by atoms with E-state index in [2.05, 4.69) is 50.5 Å². The fourth-order valence-electron chi connectivity index (χ4n) is 7.49. The first-order valence-electron chi connectivity index (χ1n) is 17.8. The van der Waals surface area contributed by atoms with Crippen LogP contribution in [0.4, 0.5) is 5.82 Å². The summed E-state index contributed by atoms with van der Waals surface area (Å²) in [5, 5.41) is 2.99. The van der Waals surface area contributed by atoms with Gasteiger partial charge in [0, 0.05) is 30.8 Å². The quantitative estimate of drug-likeness (QED) is 0.105. The van der Waals surface area contributed by atoms with Gasteiger partial charge in [0.2, 0.25) is 0 Å². The van der Waals surface area contributed by atoms with Crippen molar-refractivity contribution < 1.29 is 23.4 Å². The van der Waals surface area contributed by atoms with E-state index >= 15 is 0 Å². The summed E-state index contributed by atoms with van der Waals surface area (Å²) in [6.45, 7) is -0.669. The summed E-state index contributed by atoms with van der Waals surface area (Å²) >= 11 is 6.67. The Morgan fingerprint density at radius 2 is 1.48 bits per heavy atom. The van der Waals surface area contributed by atoms with E-state index in [0.29, 0.717) is 74.4 Å². The van der Waals surface area contributed by atoms with E-state index in [1.54, 1.807) is 16.8 Å². The van der Waals surface area contributed by atoms with Crippen molar-refractivity contribution in [1.29, 1.82) is 0 Å². The molecule has 2 aliphatic heterocycles. The fourth-order valence-corrected chi connectivity index (χ4v) is 9.17. The van der Waals surface area contributed by atoms with Gasteiger partial charge in [-0.2, -0.15) is 0 Å². The molecule has 0 bridgehead atoms. The van der Waals surface area contributed by atoms with Crippen molar-refractivity contribution in [2.75, 3.05) is 58.1 Å². The minimum atomic E-state index is -3.66. The number of fused-ring (bicyclic) bond motifs is 1. The van der Waals surface area contributed by atoms with E-state index in [9.17, 15) is 9.36 Å². The molecule has 54 heavy (non-hydrogen) atoms. The molecule has 8 rings (SSSR count). The second-order valence-corrected chi connectivity index (χ2v) is 16.1. The number of halogens is 1. The molecule has 0 aliphatic carbocycles. The van der Waals surface area contributed by atoms with Gasteiger partial charge < -0.3 is 19.8 Å². The maximum Gasteiger partial charge on any atom is 0.364 e. The van der Waals surface area contributed by atoms with E-state index < -0.39 is 12.3 Å². The van der Waals surface area contributed by atoms with Crippen molar-refractivity contribution >= 4 is 41.0 Å². The third kappa shape index (κ3) is 7.10. The van der Waals surface area contributed by atoms with Gasteiger partial charge in [0.25, 0.3) is 5.91 Å². The third-order valence-corrected chi connectivity index (χ3v) is 12.5. The number of nitrogens with zero attached hydrogens (tertiary/aromatic N) is 5. The molecule has 4 heterocycles. The second kappa shape index (κ2) is 15.9. The van der Waals surface area contributed by atoms with Crippen molar-refractivity contribution in [2.24, 2.45) is 0 Å². The zero-order valence-corrected chi connectivity index (χ0v) is 31.0. The number of carbonyl (C=O) groups is 1. The summed E-state index contributed by atoms with van der Waals surface area (Å²) in [4.78, 5) is 33.1. The Balaban J connectivity index is 1.29. The molecule has 2 saturated heterocycles. The highest BCUT2D eigenvalue weighted by molar-refractivity contribution is 7.83. The van der Waals surface area contributed by atoms with Crippen LogP contribution >= 0.6 is 18.1 Å². The molecule has 2 fully saturated rings. The van der Waals surface area contributed by atoms with Crippen LogP contribution in [0.5, 0.6) is 0 Å². The Morgan fingerprint density at radius 3 is 2.19 bits per heavy atom. The Labute approximate surface area is 317 Å². The largest absolute Gasteiger partial charge is 0.379 e. The molecule has 2 aliphatic rings. The van der Waals surface area contributed by atoms with Crippen LogP contribution in [0.3, 0.4) is 0 Å². The third-order valence-electron chi connectivity index (χ3n) is 10.1. The SMILES string of the molecule is O=C(Nc1nc(-c2ccccc2C(c2ccccc2)(c2ccccc2)C2COCCN2COP(=O)(Cl)N2CCOCC2)nc2nc[nH]c12)c1ccccc1. The van der Waals surface area contributed by atoms with Crippen LogP contribution < -0.4 is 5.32 Å². The van der Waals surface area contributed by atoms with Crippen molar-refractivity contribution in [2.45, 2.75) is 11.5 Å². The highest BCUT2D eigenvalue weighted by atomic mass is 35.7. The highest BCUT2D eigenvalue weighted by Crippen LogP contribution is 2.56. The molecular formula is C40H39ClN7O5P. The van der Waals surface area contributed by atoms with Crippen LogP contribution in [0.2, 0.25) is 0 Å². The molecule has 1 amide bonds. The summed E-state index contributed by atoms with van der Waals surface area (Å²) in [5.74, 6) is 0.371. The average molecular weight is 764 g/mol. The maximum atomic E-state index is 13.8. The van der Waals surface area contributed by atoms with E-state index in [-0.39, 0.29) is 18.7 Å². The Bertz CT molecular complexity index is 2220. The summed E-state index contributed by atoms with van der Waals surface area (Å²) in [6.07, 6.45) is 1.54. The number of imidazole rings is 1. The predicted octanol–water partition coefficient (Wildman–Crippen LogP) is 6.96. The molecule has 2 aromatic heterocycles. The van der Waals surface area contributed by atoms with Crippen molar-refractivity contribution in [1.82, 2.24) is 29.5 Å². The first-order valence-corrected chi connectivity index (χ1v) is 20.3. The number of aromatic nitrogens is 4. The lowest BCUT2D eigenvalue weighted by atomic mass is 9.63. The van der Waals surface area contributed by atoms with Gasteiger partial charge in [-0.1, -0.05) is 103 Å². The molecule has 0 spiro atoms. The summed E-state index contributed by atoms with van der Waals surface area (Å²) in [7, 11) is 0. The summed E-state index contributed by atoms with van der Waals surface area (Å²) in [6, 6.07) is 37.1. The van der Waals surface area contributed by atoms with Crippen LogP contribution in [0, 0.1) is 0 Å². The second-order valence-electron chi connectivity index (χ2n) is 13.1. The lowest BCUT2D eigenvalue weighted by Crippen LogP contribution is -2.58. The van der Waals surface area contributed by atoms with E-state index in [0.717, 1.165) is 22.3 Å². The van der Waals surface area contributed by atoms with Gasteiger partial charge >= 0.3 is 6.87 Å². The number of H-pyrrole nitrogens is 1. The Kier molecular flexibility index (Phi) is 10.7. The average Bonchev–Trinajstić information content (AvgIpc) is 3.72. The highest BCUT2D eigenvalue weighted by Gasteiger charge is 2.49. The number of nitrogens with one attached hydrogen (secondary N) is 2. The van der Waals surface area contributed by atoms with Crippen LogP contribution in [-0.2, 0) is 24.0 Å². The van der Waals surface area contributed by atoms with Gasteiger partial charge in [0.15, 0.2) is 17.3 Å². The molecule has 0 saturated carbocycles. The van der Waals surface area contributed by atoms with Crippen molar-refractivity contribution in [3.8, 4) is 11.4 Å². The number of ether oxygens (including phenoxy) is 2. The number of amides is 1. The minimum absolute atomic E-state index is 0.00113. The summed E-state index contributed by atoms with van der Waals surface area (Å²) < 4.78 is 33.4. The van der Waals surface area contributed by atoms with Crippen molar-refractivity contribution in [3.05, 3.63) is 144 Å². The van der Waals surface area contributed by atoms with Gasteiger partial charge in [-0.25, -0.2) is 19.6 Å². The van der Waals surface area contributed by atoms with E-state index in [1.165, 1.54) is 6.33 Å². The van der Waals surface area contributed by atoms with Crippen molar-refractivity contribution in [3.63, 3.8) is 0 Å². The van der Waals surface area contributed by atoms with Gasteiger partial charge in [0.05, 0.1) is 44.2 Å². The van der Waals surface area contributed by atoms with Gasteiger partial charge in [0.1, 0.15) is 12.2 Å².